The van der Waals surface area contributed by atoms with Gasteiger partial charge in [-0.2, -0.15) is 0 Å². The van der Waals surface area contributed by atoms with E-state index in [1.807, 2.05) is 23.1 Å². The fraction of sp³-hybridized carbons (Fsp3) is 0.562. The molecule has 1 aromatic carbocycles. The molecule has 2 saturated heterocycles. The second kappa shape index (κ2) is 6.62. The van der Waals surface area contributed by atoms with Crippen LogP contribution in [0.4, 0.5) is 0 Å². The minimum atomic E-state index is -2.85. The van der Waals surface area contributed by atoms with Gasteiger partial charge in [0.2, 0.25) is 5.91 Å². The monoisotopic (exact) mass is 339 g/mol. The van der Waals surface area contributed by atoms with E-state index in [1.165, 1.54) is 17.3 Å². The molecule has 2 heterocycles. The third-order valence-corrected chi connectivity index (χ3v) is 7.71. The third kappa shape index (κ3) is 3.84. The Labute approximate surface area is 136 Å². The Morgan fingerprint density at radius 1 is 1.23 bits per heavy atom. The molecule has 2 atom stereocenters. The Bertz CT molecular complexity index is 630. The molecular formula is C16H21NO3S2. The normalized spacial score (nSPS) is 27.2. The van der Waals surface area contributed by atoms with Gasteiger partial charge in [-0.3, -0.25) is 4.79 Å². The van der Waals surface area contributed by atoms with Crippen LogP contribution in [0, 0.1) is 0 Å². The Morgan fingerprint density at radius 2 is 2.00 bits per heavy atom. The molecule has 120 valence electrons. The molecule has 1 amide bonds. The van der Waals surface area contributed by atoms with E-state index in [9.17, 15) is 13.2 Å². The summed E-state index contributed by atoms with van der Waals surface area (Å²) >= 11 is 1.51. The SMILES string of the molecule is O=C(CS[C@H]1CCS(=O)(=O)C1)N1CC[C@H](c2ccccc2)C1. The van der Waals surface area contributed by atoms with Crippen LogP contribution in [0.15, 0.2) is 30.3 Å². The van der Waals surface area contributed by atoms with Crippen molar-refractivity contribution < 1.29 is 13.2 Å². The number of benzene rings is 1. The number of sulfone groups is 1. The number of hydrogen-bond donors (Lipinski definition) is 0. The highest BCUT2D eigenvalue weighted by molar-refractivity contribution is 8.02. The minimum absolute atomic E-state index is 0.0986. The molecule has 2 fully saturated rings. The van der Waals surface area contributed by atoms with Crippen LogP contribution in [0.3, 0.4) is 0 Å². The molecule has 2 aliphatic heterocycles. The molecule has 0 bridgehead atoms. The summed E-state index contributed by atoms with van der Waals surface area (Å²) in [6.07, 6.45) is 1.70. The fourth-order valence-electron chi connectivity index (χ4n) is 3.16. The first-order chi connectivity index (χ1) is 10.5. The number of carbonyl (C=O) groups is 1. The summed E-state index contributed by atoms with van der Waals surface area (Å²) in [6.45, 7) is 1.59. The van der Waals surface area contributed by atoms with E-state index in [-0.39, 0.29) is 22.7 Å². The van der Waals surface area contributed by atoms with Crippen molar-refractivity contribution >= 4 is 27.5 Å². The van der Waals surface area contributed by atoms with Crippen LogP contribution < -0.4 is 0 Å². The van der Waals surface area contributed by atoms with Crippen molar-refractivity contribution in [2.75, 3.05) is 30.3 Å². The van der Waals surface area contributed by atoms with Gasteiger partial charge in [0.15, 0.2) is 9.84 Å². The highest BCUT2D eigenvalue weighted by Gasteiger charge is 2.31. The average Bonchev–Trinajstić information content (AvgIpc) is 3.12. The van der Waals surface area contributed by atoms with E-state index >= 15 is 0 Å². The second-order valence-corrected chi connectivity index (χ2v) is 9.59. The molecule has 6 heteroatoms. The molecule has 2 aliphatic rings. The number of rotatable bonds is 4. The number of hydrogen-bond acceptors (Lipinski definition) is 4. The van der Waals surface area contributed by atoms with Gasteiger partial charge < -0.3 is 4.90 Å². The quantitative estimate of drug-likeness (QED) is 0.841. The largest absolute Gasteiger partial charge is 0.341 e. The summed E-state index contributed by atoms with van der Waals surface area (Å²) in [6, 6.07) is 10.3. The molecule has 3 rings (SSSR count). The molecule has 0 saturated carbocycles. The zero-order valence-corrected chi connectivity index (χ0v) is 14.1. The van der Waals surface area contributed by atoms with Crippen molar-refractivity contribution in [1.82, 2.24) is 4.90 Å². The first kappa shape index (κ1) is 15.9. The highest BCUT2D eigenvalue weighted by atomic mass is 32.2. The average molecular weight is 339 g/mol. The maximum Gasteiger partial charge on any atom is 0.232 e. The topological polar surface area (TPSA) is 54.5 Å². The van der Waals surface area contributed by atoms with Gasteiger partial charge in [0.1, 0.15) is 0 Å². The fourth-order valence-corrected chi connectivity index (χ4v) is 6.70. The van der Waals surface area contributed by atoms with E-state index < -0.39 is 9.84 Å². The van der Waals surface area contributed by atoms with Gasteiger partial charge in [0.05, 0.1) is 17.3 Å². The maximum absolute atomic E-state index is 12.3. The predicted octanol–water partition coefficient (Wildman–Crippen LogP) is 1.92. The van der Waals surface area contributed by atoms with Crippen molar-refractivity contribution in [3.05, 3.63) is 35.9 Å². The lowest BCUT2D eigenvalue weighted by molar-refractivity contribution is -0.127. The summed E-state index contributed by atoms with van der Waals surface area (Å²) in [7, 11) is -2.85. The van der Waals surface area contributed by atoms with Crippen molar-refractivity contribution in [3.63, 3.8) is 0 Å². The smallest absolute Gasteiger partial charge is 0.232 e. The lowest BCUT2D eigenvalue weighted by Gasteiger charge is -2.17. The van der Waals surface area contributed by atoms with E-state index in [2.05, 4.69) is 12.1 Å². The molecule has 0 N–H and O–H groups in total. The summed E-state index contributed by atoms with van der Waals surface area (Å²) in [5.41, 5.74) is 1.30. The molecule has 0 spiro atoms. The summed E-state index contributed by atoms with van der Waals surface area (Å²) in [5.74, 6) is 1.49. The summed E-state index contributed by atoms with van der Waals surface area (Å²) < 4.78 is 22.9. The first-order valence-corrected chi connectivity index (χ1v) is 10.6. The van der Waals surface area contributed by atoms with Gasteiger partial charge in [-0.05, 0) is 18.4 Å². The number of amides is 1. The second-order valence-electron chi connectivity index (χ2n) is 6.07. The highest BCUT2D eigenvalue weighted by Crippen LogP contribution is 2.29. The van der Waals surface area contributed by atoms with Crippen LogP contribution in [0.1, 0.15) is 24.3 Å². The molecule has 0 aromatic heterocycles. The Morgan fingerprint density at radius 3 is 2.68 bits per heavy atom. The zero-order valence-electron chi connectivity index (χ0n) is 12.5. The van der Waals surface area contributed by atoms with Gasteiger partial charge in [-0.1, -0.05) is 30.3 Å². The maximum atomic E-state index is 12.3. The Kier molecular flexibility index (Phi) is 4.78. The van der Waals surface area contributed by atoms with E-state index in [0.717, 1.165) is 19.5 Å². The molecule has 22 heavy (non-hydrogen) atoms. The zero-order chi connectivity index (χ0) is 15.6. The van der Waals surface area contributed by atoms with Crippen LogP contribution in [-0.2, 0) is 14.6 Å². The number of likely N-dealkylation sites (tertiary alicyclic amines) is 1. The lowest BCUT2D eigenvalue weighted by atomic mass is 9.99. The minimum Gasteiger partial charge on any atom is -0.341 e. The first-order valence-electron chi connectivity index (χ1n) is 7.68. The standard InChI is InChI=1S/C16H21NO3S2/c18-16(11-21-15-7-9-22(19,20)12-15)17-8-6-14(10-17)13-4-2-1-3-5-13/h1-5,14-15H,6-12H2/t14-,15-/m0/s1. The van der Waals surface area contributed by atoms with Crippen molar-refractivity contribution in [2.45, 2.75) is 24.0 Å². The van der Waals surface area contributed by atoms with Crippen molar-refractivity contribution in [2.24, 2.45) is 0 Å². The van der Waals surface area contributed by atoms with Crippen LogP contribution >= 0.6 is 11.8 Å². The Balaban J connectivity index is 1.48. The van der Waals surface area contributed by atoms with E-state index in [1.54, 1.807) is 0 Å². The van der Waals surface area contributed by atoms with Gasteiger partial charge in [0, 0.05) is 24.3 Å². The molecule has 4 nitrogen and oxygen atoms in total. The summed E-state index contributed by atoms with van der Waals surface area (Å²) in [4.78, 5) is 14.2. The number of nitrogens with zero attached hydrogens (tertiary/aromatic N) is 1. The molecule has 1 aromatic rings. The van der Waals surface area contributed by atoms with E-state index in [4.69, 9.17) is 0 Å². The van der Waals surface area contributed by atoms with E-state index in [0.29, 0.717) is 18.1 Å². The number of carbonyl (C=O) groups excluding carboxylic acids is 1. The van der Waals surface area contributed by atoms with Crippen LogP contribution in [0.25, 0.3) is 0 Å². The Hall–Kier alpha value is -1.01. The predicted molar refractivity (Wildman–Crippen MR) is 89.9 cm³/mol. The van der Waals surface area contributed by atoms with Gasteiger partial charge in [-0.25, -0.2) is 8.42 Å². The summed E-state index contributed by atoms with van der Waals surface area (Å²) in [5, 5.41) is 0.0986. The van der Waals surface area contributed by atoms with Crippen molar-refractivity contribution in [3.8, 4) is 0 Å². The molecule has 0 radical (unpaired) electrons. The number of thioether (sulfide) groups is 1. The molecule has 0 aliphatic carbocycles. The van der Waals surface area contributed by atoms with Crippen LogP contribution in [0.5, 0.6) is 0 Å². The van der Waals surface area contributed by atoms with Gasteiger partial charge >= 0.3 is 0 Å². The third-order valence-electron chi connectivity index (χ3n) is 4.45. The van der Waals surface area contributed by atoms with Crippen LogP contribution in [0.2, 0.25) is 0 Å². The van der Waals surface area contributed by atoms with Gasteiger partial charge in [0.25, 0.3) is 0 Å². The van der Waals surface area contributed by atoms with Crippen molar-refractivity contribution in [1.29, 1.82) is 0 Å². The molecular weight excluding hydrogens is 318 g/mol. The molecule has 0 unspecified atom stereocenters. The van der Waals surface area contributed by atoms with Crippen LogP contribution in [-0.4, -0.2) is 54.8 Å². The lowest BCUT2D eigenvalue weighted by Crippen LogP contribution is -2.30. The van der Waals surface area contributed by atoms with Gasteiger partial charge in [-0.15, -0.1) is 11.8 Å².